The Labute approximate surface area is 185 Å². The molecule has 0 bridgehead atoms. The SMILES string of the molecule is NC1=NC2(CCCCC2)N(c2ccc(Oc3ccc(Cl)cc3)cc2S(=O)(=O)O)C(N)=N1. The second-order valence-electron chi connectivity index (χ2n) is 7.48. The molecule has 0 atom stereocenters. The van der Waals surface area contributed by atoms with Crippen LogP contribution in [0.3, 0.4) is 0 Å². The lowest BCUT2D eigenvalue weighted by Gasteiger charge is -2.46. The maximum atomic E-state index is 12.3. The van der Waals surface area contributed by atoms with E-state index in [1.807, 2.05) is 0 Å². The van der Waals surface area contributed by atoms with Gasteiger partial charge < -0.3 is 16.2 Å². The van der Waals surface area contributed by atoms with Crippen molar-refractivity contribution in [3.63, 3.8) is 0 Å². The standard InChI is InChI=1S/C20H22ClN5O4S/c21-13-4-6-14(7-5-13)30-15-8-9-16(17(12-15)31(27,28)29)26-19(23)24-18(22)25-20(26)10-2-1-3-11-20/h4-9,12H,1-3,10-11H2,(H,27,28,29)(H4,22,23,24,25). The fourth-order valence-electron chi connectivity index (χ4n) is 4.06. The summed E-state index contributed by atoms with van der Waals surface area (Å²) < 4.78 is 40.3. The molecule has 0 unspecified atom stereocenters. The van der Waals surface area contributed by atoms with Crippen LogP contribution in [0.25, 0.3) is 0 Å². The molecule has 1 aliphatic carbocycles. The van der Waals surface area contributed by atoms with Crippen molar-refractivity contribution in [3.8, 4) is 11.5 Å². The number of ether oxygens (including phenoxy) is 1. The number of hydrogen-bond donors (Lipinski definition) is 3. The first-order valence-corrected chi connectivity index (χ1v) is 11.5. The molecule has 1 fully saturated rings. The molecular weight excluding hydrogens is 442 g/mol. The highest BCUT2D eigenvalue weighted by atomic mass is 35.5. The van der Waals surface area contributed by atoms with Crippen LogP contribution in [0.4, 0.5) is 5.69 Å². The summed E-state index contributed by atoms with van der Waals surface area (Å²) in [5, 5.41) is 0.541. The Kier molecular flexibility index (Phi) is 5.54. The van der Waals surface area contributed by atoms with Crippen LogP contribution in [-0.2, 0) is 10.1 Å². The Morgan fingerprint density at radius 3 is 2.32 bits per heavy atom. The lowest BCUT2D eigenvalue weighted by atomic mass is 9.87. The molecular formula is C20H22ClN5O4S. The average molecular weight is 464 g/mol. The van der Waals surface area contributed by atoms with E-state index in [0.717, 1.165) is 19.3 Å². The zero-order chi connectivity index (χ0) is 22.2. The molecule has 164 valence electrons. The number of rotatable bonds is 4. The van der Waals surface area contributed by atoms with Crippen molar-refractivity contribution < 1.29 is 17.7 Å². The normalized spacial score (nSPS) is 18.5. The minimum atomic E-state index is -4.63. The van der Waals surface area contributed by atoms with Crippen molar-refractivity contribution in [3.05, 3.63) is 47.5 Å². The molecule has 5 N–H and O–H groups in total. The van der Waals surface area contributed by atoms with Gasteiger partial charge in [0.15, 0.2) is 0 Å². The Balaban J connectivity index is 1.80. The fourth-order valence-corrected chi connectivity index (χ4v) is 4.87. The number of nitrogens with two attached hydrogens (primary N) is 2. The number of hydrogen-bond acceptors (Lipinski definition) is 8. The second-order valence-corrected chi connectivity index (χ2v) is 9.31. The van der Waals surface area contributed by atoms with Gasteiger partial charge in [0.25, 0.3) is 10.1 Å². The van der Waals surface area contributed by atoms with Crippen LogP contribution in [0, 0.1) is 0 Å². The van der Waals surface area contributed by atoms with Crippen molar-refractivity contribution in [1.29, 1.82) is 0 Å². The first-order chi connectivity index (χ1) is 14.7. The number of anilines is 1. The van der Waals surface area contributed by atoms with E-state index in [4.69, 9.17) is 27.8 Å². The third-order valence-electron chi connectivity index (χ3n) is 5.35. The van der Waals surface area contributed by atoms with E-state index >= 15 is 0 Å². The summed E-state index contributed by atoms with van der Waals surface area (Å²) in [7, 11) is -4.63. The van der Waals surface area contributed by atoms with Gasteiger partial charge in [-0.15, -0.1) is 0 Å². The number of nitrogens with zero attached hydrogens (tertiary/aromatic N) is 3. The highest BCUT2D eigenvalue weighted by Crippen LogP contribution is 2.42. The highest BCUT2D eigenvalue weighted by Gasteiger charge is 2.44. The second kappa shape index (κ2) is 8.03. The largest absolute Gasteiger partial charge is 0.457 e. The predicted molar refractivity (Wildman–Crippen MR) is 119 cm³/mol. The van der Waals surface area contributed by atoms with E-state index in [2.05, 4.69) is 9.98 Å². The molecule has 1 aliphatic heterocycles. The molecule has 1 spiro atoms. The molecule has 2 aromatic rings. The van der Waals surface area contributed by atoms with E-state index in [-0.39, 0.29) is 28.3 Å². The number of aliphatic imine (C=N–C) groups is 2. The van der Waals surface area contributed by atoms with Gasteiger partial charge in [0.2, 0.25) is 11.9 Å². The van der Waals surface area contributed by atoms with Crippen molar-refractivity contribution >= 4 is 39.3 Å². The quantitative estimate of drug-likeness (QED) is 0.588. The van der Waals surface area contributed by atoms with Gasteiger partial charge in [-0.1, -0.05) is 18.0 Å². The lowest BCUT2D eigenvalue weighted by molar-refractivity contribution is 0.304. The number of guanidine groups is 2. The monoisotopic (exact) mass is 463 g/mol. The predicted octanol–water partition coefficient (Wildman–Crippen LogP) is 3.49. The summed E-state index contributed by atoms with van der Waals surface area (Å²) in [4.78, 5) is 9.77. The van der Waals surface area contributed by atoms with Crippen LogP contribution < -0.4 is 21.1 Å². The molecule has 2 aliphatic rings. The Bertz CT molecular complexity index is 1160. The number of benzene rings is 2. The molecule has 9 nitrogen and oxygen atoms in total. The van der Waals surface area contributed by atoms with Crippen LogP contribution in [-0.4, -0.2) is 30.6 Å². The third kappa shape index (κ3) is 4.32. The zero-order valence-corrected chi connectivity index (χ0v) is 18.1. The summed E-state index contributed by atoms with van der Waals surface area (Å²) in [5.41, 5.74) is 11.4. The van der Waals surface area contributed by atoms with Gasteiger partial charge in [-0.3, -0.25) is 9.45 Å². The van der Waals surface area contributed by atoms with Gasteiger partial charge in [0, 0.05) is 11.1 Å². The van der Waals surface area contributed by atoms with Gasteiger partial charge in [-0.25, -0.2) is 4.99 Å². The van der Waals surface area contributed by atoms with Gasteiger partial charge in [-0.05, 0) is 62.1 Å². The van der Waals surface area contributed by atoms with E-state index < -0.39 is 15.8 Å². The van der Waals surface area contributed by atoms with E-state index in [1.165, 1.54) is 12.1 Å². The van der Waals surface area contributed by atoms with Crippen molar-refractivity contribution in [2.75, 3.05) is 4.90 Å². The lowest BCUT2D eigenvalue weighted by Crippen LogP contribution is -2.58. The van der Waals surface area contributed by atoms with Gasteiger partial charge in [0.1, 0.15) is 22.1 Å². The van der Waals surface area contributed by atoms with E-state index in [1.54, 1.807) is 35.2 Å². The maximum absolute atomic E-state index is 12.3. The molecule has 0 saturated heterocycles. The van der Waals surface area contributed by atoms with Crippen LogP contribution in [0.15, 0.2) is 57.3 Å². The van der Waals surface area contributed by atoms with Crippen LogP contribution >= 0.6 is 11.6 Å². The van der Waals surface area contributed by atoms with Crippen LogP contribution in [0.1, 0.15) is 32.1 Å². The third-order valence-corrected chi connectivity index (χ3v) is 6.49. The first-order valence-electron chi connectivity index (χ1n) is 9.73. The summed E-state index contributed by atoms with van der Waals surface area (Å²) >= 11 is 5.89. The minimum absolute atomic E-state index is 0.0191. The molecule has 11 heteroatoms. The summed E-state index contributed by atoms with van der Waals surface area (Å²) in [6.45, 7) is 0. The molecule has 4 rings (SSSR count). The Morgan fingerprint density at radius 1 is 1.03 bits per heavy atom. The van der Waals surface area contributed by atoms with E-state index in [0.29, 0.717) is 23.6 Å². The Hall–Kier alpha value is -2.82. The molecule has 1 saturated carbocycles. The molecule has 0 radical (unpaired) electrons. The fraction of sp³-hybridized carbons (Fsp3) is 0.300. The number of halogens is 1. The summed E-state index contributed by atoms with van der Waals surface area (Å²) in [6, 6.07) is 10.9. The maximum Gasteiger partial charge on any atom is 0.296 e. The van der Waals surface area contributed by atoms with Crippen LogP contribution in [0.2, 0.25) is 5.02 Å². The molecule has 0 aromatic heterocycles. The van der Waals surface area contributed by atoms with Crippen molar-refractivity contribution in [2.45, 2.75) is 42.7 Å². The van der Waals surface area contributed by atoms with E-state index in [9.17, 15) is 13.0 Å². The van der Waals surface area contributed by atoms with Gasteiger partial charge >= 0.3 is 0 Å². The smallest absolute Gasteiger partial charge is 0.296 e. The molecule has 0 amide bonds. The summed E-state index contributed by atoms with van der Waals surface area (Å²) in [6.07, 6.45) is 4.02. The van der Waals surface area contributed by atoms with Gasteiger partial charge in [-0.2, -0.15) is 13.4 Å². The minimum Gasteiger partial charge on any atom is -0.457 e. The zero-order valence-electron chi connectivity index (χ0n) is 16.5. The average Bonchev–Trinajstić information content (AvgIpc) is 2.70. The first kappa shape index (κ1) is 21.4. The van der Waals surface area contributed by atoms with Gasteiger partial charge in [0.05, 0.1) is 5.69 Å². The topological polar surface area (TPSA) is 144 Å². The molecule has 1 heterocycles. The highest BCUT2D eigenvalue weighted by molar-refractivity contribution is 7.86. The molecule has 31 heavy (non-hydrogen) atoms. The van der Waals surface area contributed by atoms with Crippen molar-refractivity contribution in [2.24, 2.45) is 21.5 Å². The van der Waals surface area contributed by atoms with Crippen LogP contribution in [0.5, 0.6) is 11.5 Å². The Morgan fingerprint density at radius 2 is 1.68 bits per heavy atom. The van der Waals surface area contributed by atoms with Crippen molar-refractivity contribution in [1.82, 2.24) is 0 Å². The molecule has 2 aromatic carbocycles. The summed E-state index contributed by atoms with van der Waals surface area (Å²) in [5.74, 6) is 0.739.